The number of carbonyl (C=O) groups excluding carboxylic acids is 1. The smallest absolute Gasteiger partial charge is 0.318 e. The minimum absolute atomic E-state index is 0.430. The summed E-state index contributed by atoms with van der Waals surface area (Å²) in [4.78, 5) is 12.5. The molecule has 0 aliphatic carbocycles. The highest BCUT2D eigenvalue weighted by Gasteiger charge is 2.13. The molecule has 1 aromatic carbocycles. The zero-order valence-electron chi connectivity index (χ0n) is 10.9. The van der Waals surface area contributed by atoms with E-state index in [1.165, 1.54) is 23.3 Å². The molecule has 1 aromatic rings. The van der Waals surface area contributed by atoms with Gasteiger partial charge in [-0.3, -0.25) is 4.90 Å². The number of nitrogens with two attached hydrogens (primary N) is 1. The Morgan fingerprint density at radius 1 is 1.33 bits per heavy atom. The van der Waals surface area contributed by atoms with Crippen molar-refractivity contribution in [3.63, 3.8) is 0 Å². The van der Waals surface area contributed by atoms with Crippen molar-refractivity contribution in [2.24, 2.45) is 11.7 Å². The fourth-order valence-corrected chi connectivity index (χ4v) is 2.40. The lowest BCUT2D eigenvalue weighted by Gasteiger charge is -2.22. The van der Waals surface area contributed by atoms with Gasteiger partial charge in [-0.1, -0.05) is 12.1 Å². The highest BCUT2D eigenvalue weighted by Crippen LogP contribution is 2.20. The van der Waals surface area contributed by atoms with Crippen molar-refractivity contribution in [2.45, 2.75) is 19.3 Å². The minimum atomic E-state index is -0.430. The van der Waals surface area contributed by atoms with Crippen LogP contribution in [0.3, 0.4) is 0 Å². The normalized spacial score (nSPS) is 16.5. The second-order valence-corrected chi connectivity index (χ2v) is 4.96. The summed E-state index contributed by atoms with van der Waals surface area (Å²) in [5.74, 6) is 0.783. The molecule has 4 nitrogen and oxygen atoms in total. The van der Waals surface area contributed by atoms with E-state index in [2.05, 4.69) is 17.4 Å². The van der Waals surface area contributed by atoms with Crippen LogP contribution in [0.5, 0.6) is 0 Å². The van der Waals surface area contributed by atoms with Crippen LogP contribution in [0.1, 0.15) is 18.4 Å². The number of anilines is 1. The van der Waals surface area contributed by atoms with E-state index < -0.39 is 6.03 Å². The van der Waals surface area contributed by atoms with Crippen LogP contribution in [0.25, 0.3) is 0 Å². The van der Waals surface area contributed by atoms with Crippen molar-refractivity contribution in [2.75, 3.05) is 25.0 Å². The molecule has 2 rings (SSSR count). The lowest BCUT2D eigenvalue weighted by Crippen LogP contribution is -2.31. The zero-order valence-corrected chi connectivity index (χ0v) is 10.9. The molecule has 2 amide bonds. The van der Waals surface area contributed by atoms with Crippen molar-refractivity contribution in [3.05, 3.63) is 29.8 Å². The quantitative estimate of drug-likeness (QED) is 0.855. The first-order valence-electron chi connectivity index (χ1n) is 6.49. The maximum Gasteiger partial charge on any atom is 0.318 e. The number of benzene rings is 1. The first-order valence-corrected chi connectivity index (χ1v) is 6.49. The molecule has 0 saturated carbocycles. The van der Waals surface area contributed by atoms with Crippen molar-refractivity contribution in [1.29, 1.82) is 0 Å². The Morgan fingerprint density at radius 3 is 2.50 bits per heavy atom. The minimum Gasteiger partial charge on any atom is -0.351 e. The van der Waals surface area contributed by atoms with Crippen LogP contribution in [-0.2, 0) is 6.42 Å². The number of urea groups is 1. The first kappa shape index (κ1) is 12.9. The van der Waals surface area contributed by atoms with E-state index in [4.69, 9.17) is 5.73 Å². The summed E-state index contributed by atoms with van der Waals surface area (Å²) < 4.78 is 0. The number of rotatable bonds is 3. The van der Waals surface area contributed by atoms with Crippen molar-refractivity contribution >= 4 is 11.7 Å². The number of nitrogens with one attached hydrogen (secondary N) is 1. The van der Waals surface area contributed by atoms with Gasteiger partial charge in [-0.15, -0.1) is 0 Å². The molecule has 1 aliphatic heterocycles. The Kier molecular flexibility index (Phi) is 4.20. The molecule has 0 atom stereocenters. The Bertz CT molecular complexity index is 396. The maximum absolute atomic E-state index is 11.0. The lowest BCUT2D eigenvalue weighted by atomic mass is 9.91. The average molecular weight is 247 g/mol. The Morgan fingerprint density at radius 2 is 1.94 bits per heavy atom. The van der Waals surface area contributed by atoms with Gasteiger partial charge in [0.25, 0.3) is 0 Å². The molecule has 4 heteroatoms. The molecule has 18 heavy (non-hydrogen) atoms. The van der Waals surface area contributed by atoms with Gasteiger partial charge in [0, 0.05) is 12.7 Å². The Balaban J connectivity index is 1.96. The number of carbonyl (C=O) groups is 1. The number of piperidine rings is 1. The average Bonchev–Trinajstić information content (AvgIpc) is 2.40. The van der Waals surface area contributed by atoms with E-state index in [0.717, 1.165) is 31.1 Å². The van der Waals surface area contributed by atoms with Gasteiger partial charge in [-0.05, 0) is 56.0 Å². The maximum atomic E-state index is 11.0. The molecule has 1 heterocycles. The van der Waals surface area contributed by atoms with E-state index in [-0.39, 0.29) is 0 Å². The third-order valence-electron chi connectivity index (χ3n) is 3.64. The second kappa shape index (κ2) is 5.87. The van der Waals surface area contributed by atoms with Gasteiger partial charge >= 0.3 is 6.03 Å². The molecule has 0 aromatic heterocycles. The van der Waals surface area contributed by atoms with Crippen LogP contribution in [-0.4, -0.2) is 26.2 Å². The summed E-state index contributed by atoms with van der Waals surface area (Å²) in [5, 5.41) is 3.38. The molecule has 3 N–H and O–H groups in total. The number of hydrogen-bond acceptors (Lipinski definition) is 2. The van der Waals surface area contributed by atoms with Gasteiger partial charge in [0.05, 0.1) is 0 Å². The predicted molar refractivity (Wildman–Crippen MR) is 73.7 cm³/mol. The number of primary amides is 1. The third kappa shape index (κ3) is 3.23. The molecule has 98 valence electrons. The molecular weight excluding hydrogens is 226 g/mol. The molecular formula is C14H21N3O. The molecule has 1 saturated heterocycles. The fourth-order valence-electron chi connectivity index (χ4n) is 2.40. The van der Waals surface area contributed by atoms with Crippen LogP contribution >= 0.6 is 0 Å². The van der Waals surface area contributed by atoms with E-state index >= 15 is 0 Å². The molecule has 1 aliphatic rings. The molecule has 0 radical (unpaired) electrons. The Labute approximate surface area is 108 Å². The van der Waals surface area contributed by atoms with Gasteiger partial charge in [0.2, 0.25) is 0 Å². The van der Waals surface area contributed by atoms with Gasteiger partial charge in [-0.25, -0.2) is 4.79 Å². The molecule has 0 spiro atoms. The summed E-state index contributed by atoms with van der Waals surface area (Å²) in [6.45, 7) is 2.26. The van der Waals surface area contributed by atoms with Crippen LogP contribution in [0.2, 0.25) is 0 Å². The summed E-state index contributed by atoms with van der Waals surface area (Å²) in [6.07, 6.45) is 3.63. The van der Waals surface area contributed by atoms with Gasteiger partial charge in [0.15, 0.2) is 0 Å². The number of nitrogens with zero attached hydrogens (tertiary/aromatic N) is 1. The standard InChI is InChI=1S/C14H21N3O/c1-17(14(15)18)13-4-2-11(3-5-13)10-12-6-8-16-9-7-12/h2-5,12,16H,6-10H2,1H3,(H2,15,18). The summed E-state index contributed by atoms with van der Waals surface area (Å²) >= 11 is 0. The molecule has 1 fully saturated rings. The van der Waals surface area contributed by atoms with E-state index in [0.29, 0.717) is 0 Å². The fraction of sp³-hybridized carbons (Fsp3) is 0.500. The topological polar surface area (TPSA) is 58.4 Å². The zero-order chi connectivity index (χ0) is 13.0. The van der Waals surface area contributed by atoms with Crippen LogP contribution in [0.15, 0.2) is 24.3 Å². The largest absolute Gasteiger partial charge is 0.351 e. The van der Waals surface area contributed by atoms with Crippen LogP contribution in [0, 0.1) is 5.92 Å². The van der Waals surface area contributed by atoms with Gasteiger partial charge < -0.3 is 11.1 Å². The molecule has 0 unspecified atom stereocenters. The highest BCUT2D eigenvalue weighted by molar-refractivity contribution is 5.89. The number of hydrogen-bond donors (Lipinski definition) is 2. The van der Waals surface area contributed by atoms with E-state index in [9.17, 15) is 4.79 Å². The van der Waals surface area contributed by atoms with Gasteiger partial charge in [0.1, 0.15) is 0 Å². The van der Waals surface area contributed by atoms with E-state index in [1.807, 2.05) is 12.1 Å². The second-order valence-electron chi connectivity index (χ2n) is 4.96. The first-order chi connectivity index (χ1) is 8.66. The monoisotopic (exact) mass is 247 g/mol. The Hall–Kier alpha value is -1.55. The predicted octanol–water partition coefficient (Wildman–Crippen LogP) is 1.74. The van der Waals surface area contributed by atoms with Gasteiger partial charge in [-0.2, -0.15) is 0 Å². The van der Waals surface area contributed by atoms with Crippen molar-refractivity contribution in [1.82, 2.24) is 5.32 Å². The summed E-state index contributed by atoms with van der Waals surface area (Å²) in [6, 6.07) is 7.68. The van der Waals surface area contributed by atoms with Crippen LogP contribution in [0.4, 0.5) is 10.5 Å². The van der Waals surface area contributed by atoms with E-state index in [1.54, 1.807) is 7.05 Å². The number of amides is 2. The lowest BCUT2D eigenvalue weighted by molar-refractivity contribution is 0.255. The summed E-state index contributed by atoms with van der Waals surface area (Å²) in [7, 11) is 1.68. The highest BCUT2D eigenvalue weighted by atomic mass is 16.2. The van der Waals surface area contributed by atoms with Crippen molar-refractivity contribution < 1.29 is 4.79 Å². The SMILES string of the molecule is CN(C(N)=O)c1ccc(CC2CCNCC2)cc1. The van der Waals surface area contributed by atoms with Crippen molar-refractivity contribution in [3.8, 4) is 0 Å². The third-order valence-corrected chi connectivity index (χ3v) is 3.64. The molecule has 0 bridgehead atoms. The summed E-state index contributed by atoms with van der Waals surface area (Å²) in [5.41, 5.74) is 7.42. The van der Waals surface area contributed by atoms with Crippen LogP contribution < -0.4 is 16.0 Å².